The van der Waals surface area contributed by atoms with Gasteiger partial charge in [-0.25, -0.2) is 18.0 Å². The highest BCUT2D eigenvalue weighted by molar-refractivity contribution is 7.91. The van der Waals surface area contributed by atoms with Gasteiger partial charge in [0.25, 0.3) is 0 Å². The number of benzene rings is 1. The van der Waals surface area contributed by atoms with Crippen molar-refractivity contribution >= 4 is 22.0 Å². The molecule has 0 aliphatic heterocycles. The van der Waals surface area contributed by atoms with Gasteiger partial charge in [-0.3, -0.25) is 0 Å². The predicted molar refractivity (Wildman–Crippen MR) is 123 cm³/mol. The average molecular weight is 469 g/mol. The Balaban J connectivity index is 2.16. The zero-order chi connectivity index (χ0) is 24.1. The fourth-order valence-electron chi connectivity index (χ4n) is 4.10. The summed E-state index contributed by atoms with van der Waals surface area (Å²) >= 11 is 0. The average Bonchev–Trinajstić information content (AvgIpc) is 2.67. The molecule has 0 radical (unpaired) electrons. The van der Waals surface area contributed by atoms with Crippen LogP contribution in [0.4, 0.5) is 9.59 Å². The van der Waals surface area contributed by atoms with Gasteiger partial charge in [0.2, 0.25) is 0 Å². The molecule has 9 heteroatoms. The summed E-state index contributed by atoms with van der Waals surface area (Å²) in [6, 6.07) is 8.72. The topological polar surface area (TPSA) is 122 Å². The lowest BCUT2D eigenvalue weighted by Gasteiger charge is -2.37. The van der Waals surface area contributed by atoms with E-state index >= 15 is 0 Å². The number of ether oxygens (including phenoxy) is 1. The summed E-state index contributed by atoms with van der Waals surface area (Å²) in [5, 5.41) is 13.8. The van der Waals surface area contributed by atoms with Crippen LogP contribution in [0.25, 0.3) is 0 Å². The standard InChI is InChI=1S/C23H36N2O6S/c1-15(2)32(29,30)14-17-13-18(24-21(26)27)11-12-19(17)25-22(28)31-20(23(3,4)5)16-9-7-6-8-10-16/h6-10,15,17-20,24H,11-14H2,1-5H3,(H,25,28)(H,26,27)/t17-,18?,19-,20?/m0/s1. The lowest BCUT2D eigenvalue weighted by Crippen LogP contribution is -2.51. The van der Waals surface area contributed by atoms with Gasteiger partial charge < -0.3 is 20.5 Å². The number of carboxylic acid groups (broad SMARTS) is 1. The third-order valence-corrected chi connectivity index (χ3v) is 8.22. The first-order valence-electron chi connectivity index (χ1n) is 11.0. The maximum absolute atomic E-state index is 12.9. The van der Waals surface area contributed by atoms with Gasteiger partial charge in [0, 0.05) is 17.5 Å². The molecule has 1 fully saturated rings. The Bertz CT molecular complexity index is 879. The smallest absolute Gasteiger partial charge is 0.407 e. The van der Waals surface area contributed by atoms with Crippen LogP contribution in [-0.2, 0) is 14.6 Å². The first-order valence-corrected chi connectivity index (χ1v) is 12.7. The Morgan fingerprint density at radius 2 is 1.75 bits per heavy atom. The minimum absolute atomic E-state index is 0.116. The molecule has 1 aliphatic carbocycles. The Hall–Kier alpha value is -2.29. The molecule has 0 saturated heterocycles. The molecule has 2 unspecified atom stereocenters. The highest BCUT2D eigenvalue weighted by Crippen LogP contribution is 2.36. The first-order chi connectivity index (χ1) is 14.8. The van der Waals surface area contributed by atoms with Gasteiger partial charge in [0.15, 0.2) is 9.84 Å². The van der Waals surface area contributed by atoms with E-state index in [9.17, 15) is 18.0 Å². The summed E-state index contributed by atoms with van der Waals surface area (Å²) in [4.78, 5) is 23.9. The van der Waals surface area contributed by atoms with E-state index in [1.165, 1.54) is 0 Å². The Morgan fingerprint density at radius 3 is 2.28 bits per heavy atom. The van der Waals surface area contributed by atoms with Crippen LogP contribution in [0, 0.1) is 11.3 Å². The second kappa shape index (κ2) is 10.6. The molecule has 1 aromatic rings. The van der Waals surface area contributed by atoms with Crippen LogP contribution in [0.3, 0.4) is 0 Å². The van der Waals surface area contributed by atoms with Crippen molar-refractivity contribution in [1.29, 1.82) is 0 Å². The van der Waals surface area contributed by atoms with E-state index in [-0.39, 0.29) is 17.2 Å². The molecule has 0 aromatic heterocycles. The lowest BCUT2D eigenvalue weighted by molar-refractivity contribution is 0.0260. The van der Waals surface area contributed by atoms with Gasteiger partial charge in [-0.15, -0.1) is 0 Å². The number of amides is 2. The lowest BCUT2D eigenvalue weighted by atomic mass is 9.82. The fraction of sp³-hybridized carbons (Fsp3) is 0.652. The minimum atomic E-state index is -3.38. The number of alkyl carbamates (subject to hydrolysis) is 1. The van der Waals surface area contributed by atoms with Gasteiger partial charge in [-0.05, 0) is 44.6 Å². The molecule has 180 valence electrons. The van der Waals surface area contributed by atoms with E-state index in [4.69, 9.17) is 9.84 Å². The van der Waals surface area contributed by atoms with Crippen LogP contribution in [0.2, 0.25) is 0 Å². The van der Waals surface area contributed by atoms with E-state index < -0.39 is 45.3 Å². The van der Waals surface area contributed by atoms with Crippen molar-refractivity contribution in [2.75, 3.05) is 5.75 Å². The Morgan fingerprint density at radius 1 is 1.12 bits per heavy atom. The first kappa shape index (κ1) is 26.0. The molecule has 0 bridgehead atoms. The molecule has 2 amide bonds. The van der Waals surface area contributed by atoms with Gasteiger partial charge in [0.1, 0.15) is 6.10 Å². The molecule has 8 nitrogen and oxygen atoms in total. The van der Waals surface area contributed by atoms with Crippen molar-refractivity contribution in [3.8, 4) is 0 Å². The van der Waals surface area contributed by atoms with Crippen molar-refractivity contribution in [3.05, 3.63) is 35.9 Å². The molecular weight excluding hydrogens is 432 g/mol. The maximum atomic E-state index is 12.9. The fourth-order valence-corrected chi connectivity index (χ4v) is 5.45. The molecule has 0 heterocycles. The quantitative estimate of drug-likeness (QED) is 0.553. The second-order valence-electron chi connectivity index (χ2n) is 9.91. The number of carbonyl (C=O) groups is 2. The molecule has 4 atom stereocenters. The maximum Gasteiger partial charge on any atom is 0.407 e. The van der Waals surface area contributed by atoms with E-state index in [0.717, 1.165) is 5.56 Å². The van der Waals surface area contributed by atoms with Crippen LogP contribution in [-0.4, -0.2) is 48.8 Å². The second-order valence-corrected chi connectivity index (χ2v) is 12.5. The Labute approximate surface area is 191 Å². The normalized spacial score (nSPS) is 22.8. The molecule has 32 heavy (non-hydrogen) atoms. The number of nitrogens with one attached hydrogen (secondary N) is 2. The summed E-state index contributed by atoms with van der Waals surface area (Å²) in [6.07, 6.45) is -0.908. The summed E-state index contributed by atoms with van der Waals surface area (Å²) in [7, 11) is -3.38. The summed E-state index contributed by atoms with van der Waals surface area (Å²) in [6.45, 7) is 9.20. The number of hydrogen-bond donors (Lipinski definition) is 3. The van der Waals surface area contributed by atoms with Crippen molar-refractivity contribution in [2.45, 2.75) is 77.3 Å². The van der Waals surface area contributed by atoms with E-state index in [2.05, 4.69) is 10.6 Å². The number of hydrogen-bond acceptors (Lipinski definition) is 5. The van der Waals surface area contributed by atoms with Gasteiger partial charge in [-0.1, -0.05) is 51.1 Å². The molecule has 1 aliphatic rings. The van der Waals surface area contributed by atoms with Crippen molar-refractivity contribution in [2.24, 2.45) is 11.3 Å². The predicted octanol–water partition coefficient (Wildman–Crippen LogP) is 4.13. The highest BCUT2D eigenvalue weighted by Gasteiger charge is 2.37. The van der Waals surface area contributed by atoms with Crippen molar-refractivity contribution in [3.63, 3.8) is 0 Å². The summed E-state index contributed by atoms with van der Waals surface area (Å²) < 4.78 is 31.0. The SMILES string of the molecule is CC(C)S(=O)(=O)C[C@@H]1CC(NC(=O)O)CC[C@@H]1NC(=O)OC(c1ccccc1)C(C)(C)C. The van der Waals surface area contributed by atoms with Gasteiger partial charge >= 0.3 is 12.2 Å². The molecule has 1 saturated carbocycles. The number of rotatable bonds is 7. The van der Waals surface area contributed by atoms with E-state index in [1.54, 1.807) is 13.8 Å². The van der Waals surface area contributed by atoms with Gasteiger partial charge in [-0.2, -0.15) is 0 Å². The molecule has 0 spiro atoms. The zero-order valence-electron chi connectivity index (χ0n) is 19.5. The highest BCUT2D eigenvalue weighted by atomic mass is 32.2. The molecule has 1 aromatic carbocycles. The molecule has 2 rings (SSSR count). The largest absolute Gasteiger partial charge is 0.465 e. The van der Waals surface area contributed by atoms with Crippen molar-refractivity contribution < 1.29 is 27.9 Å². The van der Waals surface area contributed by atoms with Crippen LogP contribution in [0.1, 0.15) is 65.5 Å². The number of sulfone groups is 1. The molecule has 3 N–H and O–H groups in total. The van der Waals surface area contributed by atoms with E-state index in [0.29, 0.717) is 19.3 Å². The monoisotopic (exact) mass is 468 g/mol. The Kier molecular flexibility index (Phi) is 8.56. The van der Waals surface area contributed by atoms with Crippen molar-refractivity contribution in [1.82, 2.24) is 10.6 Å². The van der Waals surface area contributed by atoms with E-state index in [1.807, 2.05) is 51.1 Å². The minimum Gasteiger partial charge on any atom is -0.465 e. The number of carbonyl (C=O) groups excluding carboxylic acids is 1. The van der Waals surface area contributed by atoms with Crippen LogP contribution in [0.5, 0.6) is 0 Å². The third-order valence-electron chi connectivity index (χ3n) is 5.89. The summed E-state index contributed by atoms with van der Waals surface area (Å²) in [5.41, 5.74) is 0.533. The van der Waals surface area contributed by atoms with Crippen LogP contribution < -0.4 is 10.6 Å². The van der Waals surface area contributed by atoms with Crippen LogP contribution >= 0.6 is 0 Å². The summed E-state index contributed by atoms with van der Waals surface area (Å²) in [5.74, 6) is -0.528. The van der Waals surface area contributed by atoms with Gasteiger partial charge in [0.05, 0.1) is 11.0 Å². The zero-order valence-corrected chi connectivity index (χ0v) is 20.3. The van der Waals surface area contributed by atoms with Crippen LogP contribution in [0.15, 0.2) is 30.3 Å². The third kappa shape index (κ3) is 7.39. The molecular formula is C23H36N2O6S.